The maximum absolute atomic E-state index is 11.9. The van der Waals surface area contributed by atoms with E-state index in [1.165, 1.54) is 11.8 Å². The molecule has 112 valence electrons. The van der Waals surface area contributed by atoms with Gasteiger partial charge in [-0.25, -0.2) is 4.79 Å². The predicted molar refractivity (Wildman–Crippen MR) is 72.2 cm³/mol. The van der Waals surface area contributed by atoms with Gasteiger partial charge in [0.15, 0.2) is 12.3 Å². The molecule has 0 bridgehead atoms. The second-order valence-electron chi connectivity index (χ2n) is 4.11. The molecule has 0 aliphatic rings. The van der Waals surface area contributed by atoms with Crippen LogP contribution in [-0.4, -0.2) is 48.5 Å². The number of rotatable bonds is 7. The van der Waals surface area contributed by atoms with Gasteiger partial charge in [-0.15, -0.1) is 0 Å². The van der Waals surface area contributed by atoms with Crippen molar-refractivity contribution < 1.29 is 19.1 Å². The van der Waals surface area contributed by atoms with Gasteiger partial charge < -0.3 is 20.5 Å². The third-order valence-corrected chi connectivity index (χ3v) is 2.65. The lowest BCUT2D eigenvalue weighted by Gasteiger charge is -2.06. The van der Waals surface area contributed by atoms with Crippen LogP contribution in [0.4, 0.5) is 5.69 Å². The number of methoxy groups -OCH3 is 1. The molecule has 0 saturated carbocycles. The number of aromatic nitrogens is 2. The second kappa shape index (κ2) is 7.49. The van der Waals surface area contributed by atoms with Crippen LogP contribution in [0.3, 0.4) is 0 Å². The minimum absolute atomic E-state index is 0.159. The molecule has 0 aliphatic carbocycles. The summed E-state index contributed by atoms with van der Waals surface area (Å²) in [7, 11) is 3.13. The van der Waals surface area contributed by atoms with Gasteiger partial charge in [-0.05, 0) is 6.42 Å². The van der Waals surface area contributed by atoms with Crippen LogP contribution in [0.2, 0.25) is 0 Å². The van der Waals surface area contributed by atoms with Crippen molar-refractivity contribution in [2.45, 2.75) is 13.3 Å². The van der Waals surface area contributed by atoms with Gasteiger partial charge in [0.2, 0.25) is 0 Å². The van der Waals surface area contributed by atoms with E-state index in [-0.39, 0.29) is 12.3 Å². The Morgan fingerprint density at radius 2 is 2.15 bits per heavy atom. The molecular weight excluding hydrogens is 264 g/mol. The molecule has 8 heteroatoms. The zero-order valence-corrected chi connectivity index (χ0v) is 11.9. The molecule has 8 nitrogen and oxygen atoms in total. The molecule has 20 heavy (non-hydrogen) atoms. The molecule has 0 unspecified atom stereocenters. The zero-order valence-electron chi connectivity index (χ0n) is 11.9. The smallest absolute Gasteiger partial charge is 0.359 e. The summed E-state index contributed by atoms with van der Waals surface area (Å²) in [6.07, 6.45) is 0.616. The van der Waals surface area contributed by atoms with Crippen LogP contribution >= 0.6 is 0 Å². The van der Waals surface area contributed by atoms with Crippen LogP contribution in [0, 0.1) is 0 Å². The van der Waals surface area contributed by atoms with Gasteiger partial charge in [0.05, 0.1) is 18.0 Å². The highest BCUT2D eigenvalue weighted by Gasteiger charge is 2.21. The monoisotopic (exact) mass is 284 g/mol. The Morgan fingerprint density at radius 1 is 1.45 bits per heavy atom. The van der Waals surface area contributed by atoms with E-state index in [1.807, 2.05) is 6.92 Å². The molecule has 3 N–H and O–H groups in total. The molecule has 0 aliphatic heterocycles. The largest absolute Gasteiger partial charge is 0.451 e. The highest BCUT2D eigenvalue weighted by atomic mass is 16.5. The number of nitrogens with zero attached hydrogens (tertiary/aromatic N) is 2. The Bertz CT molecular complexity index is 484. The number of aryl methyl sites for hydroxylation is 2. The SMILES string of the molecule is CCc1nn(C)c(C(=O)OCC(=O)NCCOC)c1N. The van der Waals surface area contributed by atoms with Crippen LogP contribution in [0.5, 0.6) is 0 Å². The summed E-state index contributed by atoms with van der Waals surface area (Å²) >= 11 is 0. The molecule has 1 amide bonds. The zero-order chi connectivity index (χ0) is 15.1. The van der Waals surface area contributed by atoms with Crippen molar-refractivity contribution in [1.29, 1.82) is 0 Å². The molecule has 0 saturated heterocycles. The lowest BCUT2D eigenvalue weighted by Crippen LogP contribution is -2.31. The molecular formula is C12H20N4O4. The Balaban J connectivity index is 2.55. The average molecular weight is 284 g/mol. The Morgan fingerprint density at radius 3 is 2.70 bits per heavy atom. The van der Waals surface area contributed by atoms with Gasteiger partial charge in [-0.2, -0.15) is 5.10 Å². The van der Waals surface area contributed by atoms with Crippen molar-refractivity contribution >= 4 is 17.6 Å². The van der Waals surface area contributed by atoms with Crippen LogP contribution in [0.1, 0.15) is 23.1 Å². The molecule has 0 radical (unpaired) electrons. The first-order chi connectivity index (χ1) is 9.51. The summed E-state index contributed by atoms with van der Waals surface area (Å²) in [5.74, 6) is -1.06. The van der Waals surface area contributed by atoms with Crippen molar-refractivity contribution in [2.75, 3.05) is 32.6 Å². The predicted octanol–water partition coefficient (Wildman–Crippen LogP) is -0.516. The fourth-order valence-corrected chi connectivity index (χ4v) is 1.64. The summed E-state index contributed by atoms with van der Waals surface area (Å²) in [5, 5.41) is 6.65. The molecule has 0 atom stereocenters. The summed E-state index contributed by atoms with van der Waals surface area (Å²) in [4.78, 5) is 23.3. The normalized spacial score (nSPS) is 10.3. The molecule has 0 aromatic carbocycles. The molecule has 1 rings (SSSR count). The Hall–Kier alpha value is -2.09. The summed E-state index contributed by atoms with van der Waals surface area (Å²) in [6, 6.07) is 0. The van der Waals surface area contributed by atoms with E-state index >= 15 is 0 Å². The number of amides is 1. The van der Waals surface area contributed by atoms with Crippen molar-refractivity contribution in [2.24, 2.45) is 7.05 Å². The van der Waals surface area contributed by atoms with E-state index in [1.54, 1.807) is 7.05 Å². The lowest BCUT2D eigenvalue weighted by atomic mass is 10.2. The van der Waals surface area contributed by atoms with Gasteiger partial charge in [-0.1, -0.05) is 6.92 Å². The second-order valence-corrected chi connectivity index (χ2v) is 4.11. The third kappa shape index (κ3) is 3.95. The molecule has 1 aromatic rings. The third-order valence-electron chi connectivity index (χ3n) is 2.65. The number of hydrogen-bond donors (Lipinski definition) is 2. The summed E-state index contributed by atoms with van der Waals surface area (Å²) < 4.78 is 11.1. The topological polar surface area (TPSA) is 108 Å². The maximum atomic E-state index is 11.9. The number of carbonyl (C=O) groups excluding carboxylic acids is 2. The van der Waals surface area contributed by atoms with E-state index in [0.29, 0.717) is 31.0 Å². The van der Waals surface area contributed by atoms with Crippen LogP contribution in [0.25, 0.3) is 0 Å². The molecule has 1 aromatic heterocycles. The van der Waals surface area contributed by atoms with Gasteiger partial charge in [0, 0.05) is 20.7 Å². The number of hydrogen-bond acceptors (Lipinski definition) is 6. The van der Waals surface area contributed by atoms with Crippen molar-refractivity contribution in [3.8, 4) is 0 Å². The first kappa shape index (κ1) is 16.0. The molecule has 1 heterocycles. The minimum atomic E-state index is -0.668. The standard InChI is InChI=1S/C12H20N4O4/c1-4-8-10(13)11(16(2)15-8)12(18)20-7-9(17)14-5-6-19-3/h4-7,13H2,1-3H3,(H,14,17). The van der Waals surface area contributed by atoms with Crippen molar-refractivity contribution in [3.05, 3.63) is 11.4 Å². The first-order valence-corrected chi connectivity index (χ1v) is 6.25. The van der Waals surface area contributed by atoms with Gasteiger partial charge in [-0.3, -0.25) is 9.48 Å². The van der Waals surface area contributed by atoms with E-state index in [0.717, 1.165) is 0 Å². The van der Waals surface area contributed by atoms with Crippen molar-refractivity contribution in [1.82, 2.24) is 15.1 Å². The number of nitrogen functional groups attached to an aromatic ring is 1. The van der Waals surface area contributed by atoms with Crippen LogP contribution in [-0.2, 0) is 27.7 Å². The highest BCUT2D eigenvalue weighted by Crippen LogP contribution is 2.17. The Labute approximate surface area is 117 Å². The quantitative estimate of drug-likeness (QED) is 0.515. The van der Waals surface area contributed by atoms with Gasteiger partial charge in [0.25, 0.3) is 5.91 Å². The fourth-order valence-electron chi connectivity index (χ4n) is 1.64. The number of nitrogens with two attached hydrogens (primary N) is 1. The van der Waals surface area contributed by atoms with E-state index in [9.17, 15) is 9.59 Å². The van der Waals surface area contributed by atoms with E-state index in [4.69, 9.17) is 15.2 Å². The van der Waals surface area contributed by atoms with Crippen LogP contribution in [0.15, 0.2) is 0 Å². The summed E-state index contributed by atoms with van der Waals surface area (Å²) in [6.45, 7) is 2.28. The fraction of sp³-hybridized carbons (Fsp3) is 0.583. The summed E-state index contributed by atoms with van der Waals surface area (Å²) in [5.41, 5.74) is 6.90. The molecule has 0 spiro atoms. The Kier molecular flexibility index (Phi) is 5.98. The number of esters is 1. The maximum Gasteiger partial charge on any atom is 0.359 e. The van der Waals surface area contributed by atoms with Crippen LogP contribution < -0.4 is 11.1 Å². The lowest BCUT2D eigenvalue weighted by molar-refractivity contribution is -0.124. The van der Waals surface area contributed by atoms with E-state index in [2.05, 4.69) is 10.4 Å². The number of anilines is 1. The number of nitrogens with one attached hydrogen (secondary N) is 1. The first-order valence-electron chi connectivity index (χ1n) is 6.25. The van der Waals surface area contributed by atoms with Gasteiger partial charge >= 0.3 is 5.97 Å². The van der Waals surface area contributed by atoms with Crippen molar-refractivity contribution in [3.63, 3.8) is 0 Å². The number of carbonyl (C=O) groups is 2. The minimum Gasteiger partial charge on any atom is -0.451 e. The average Bonchev–Trinajstić information content (AvgIpc) is 2.71. The number of ether oxygens (including phenoxy) is 2. The molecule has 0 fully saturated rings. The van der Waals surface area contributed by atoms with Gasteiger partial charge in [0.1, 0.15) is 0 Å². The highest BCUT2D eigenvalue weighted by molar-refractivity contribution is 5.95. The van der Waals surface area contributed by atoms with E-state index < -0.39 is 11.9 Å².